The third-order valence-electron chi connectivity index (χ3n) is 3.27. The molecule has 0 N–H and O–H groups in total. The lowest BCUT2D eigenvalue weighted by molar-refractivity contribution is 0.355. The van der Waals surface area contributed by atoms with Gasteiger partial charge in [0.2, 0.25) is 5.16 Å². The maximum absolute atomic E-state index is 5.35. The van der Waals surface area contributed by atoms with Gasteiger partial charge in [0.05, 0.1) is 19.9 Å². The number of fused-ring (bicyclic) bond motifs is 1. The molecule has 0 saturated carbocycles. The quantitative estimate of drug-likeness (QED) is 0.866. The number of nitrogens with zero attached hydrogens (tertiary/aromatic N) is 4. The van der Waals surface area contributed by atoms with Crippen LogP contribution in [0.4, 0.5) is 0 Å². The maximum atomic E-state index is 5.35. The summed E-state index contributed by atoms with van der Waals surface area (Å²) < 4.78 is 12.4. The monoisotopic (exact) mass is 304 g/mol. The third-order valence-corrected chi connectivity index (χ3v) is 4.20. The zero-order chi connectivity index (χ0) is 14.8. The van der Waals surface area contributed by atoms with Crippen LogP contribution in [0.3, 0.4) is 0 Å². The van der Waals surface area contributed by atoms with Crippen molar-refractivity contribution in [3.8, 4) is 11.5 Å². The first-order chi connectivity index (χ1) is 10.3. The molecule has 1 aromatic heterocycles. The Labute approximate surface area is 127 Å². The topological polar surface area (TPSA) is 61.5 Å². The van der Waals surface area contributed by atoms with E-state index in [9.17, 15) is 0 Å². The van der Waals surface area contributed by atoms with E-state index in [1.54, 1.807) is 26.0 Å². The molecular formula is C14H16N4O2S. The van der Waals surface area contributed by atoms with E-state index in [1.807, 2.05) is 29.8 Å². The minimum atomic E-state index is 0.702. The van der Waals surface area contributed by atoms with Crippen LogP contribution in [-0.4, -0.2) is 40.6 Å². The highest BCUT2D eigenvalue weighted by Gasteiger charge is 2.19. The summed E-state index contributed by atoms with van der Waals surface area (Å²) in [5.41, 5.74) is 1.99. The molecule has 1 aromatic carbocycles. The number of rotatable bonds is 4. The van der Waals surface area contributed by atoms with Crippen molar-refractivity contribution in [2.45, 2.75) is 18.5 Å². The van der Waals surface area contributed by atoms with Gasteiger partial charge < -0.3 is 9.47 Å². The van der Waals surface area contributed by atoms with Gasteiger partial charge in [0, 0.05) is 17.7 Å². The van der Waals surface area contributed by atoms with Crippen molar-refractivity contribution in [3.05, 3.63) is 29.6 Å². The van der Waals surface area contributed by atoms with E-state index in [4.69, 9.17) is 9.47 Å². The minimum absolute atomic E-state index is 0.702. The van der Waals surface area contributed by atoms with Crippen LogP contribution in [0.25, 0.3) is 0 Å². The van der Waals surface area contributed by atoms with Crippen LogP contribution < -0.4 is 9.47 Å². The van der Waals surface area contributed by atoms with Gasteiger partial charge in [-0.1, -0.05) is 18.7 Å². The Morgan fingerprint density at radius 1 is 1.19 bits per heavy atom. The molecule has 21 heavy (non-hydrogen) atoms. The number of hydrogen-bond donors (Lipinski definition) is 0. The number of hydrogen-bond acceptors (Lipinski definition) is 6. The lowest BCUT2D eigenvalue weighted by atomic mass is 10.1. The van der Waals surface area contributed by atoms with Gasteiger partial charge in [-0.25, -0.2) is 0 Å². The molecule has 0 unspecified atom stereocenters. The van der Waals surface area contributed by atoms with E-state index < -0.39 is 0 Å². The van der Waals surface area contributed by atoms with E-state index in [2.05, 4.69) is 15.3 Å². The Morgan fingerprint density at radius 3 is 2.71 bits per heavy atom. The zero-order valence-corrected chi connectivity index (χ0v) is 13.0. The SMILES string of the molecule is CCc1nnc2n1N=C(c1ccc(OC)c(OC)c1)CS2. The molecular weight excluding hydrogens is 288 g/mol. The fraction of sp³-hybridized carbons (Fsp3) is 0.357. The molecule has 6 nitrogen and oxygen atoms in total. The lowest BCUT2D eigenvalue weighted by Crippen LogP contribution is -2.14. The molecule has 2 heterocycles. The highest BCUT2D eigenvalue weighted by atomic mass is 32.2. The van der Waals surface area contributed by atoms with Crippen LogP contribution in [0.1, 0.15) is 18.3 Å². The fourth-order valence-corrected chi connectivity index (χ4v) is 3.00. The fourth-order valence-electron chi connectivity index (χ4n) is 2.15. The molecule has 0 aliphatic carbocycles. The van der Waals surface area contributed by atoms with Crippen molar-refractivity contribution in [1.29, 1.82) is 0 Å². The van der Waals surface area contributed by atoms with Crippen molar-refractivity contribution in [1.82, 2.24) is 14.9 Å². The summed E-state index contributed by atoms with van der Waals surface area (Å²) in [6.45, 7) is 2.04. The highest BCUT2D eigenvalue weighted by Crippen LogP contribution is 2.30. The molecule has 1 aliphatic heterocycles. The van der Waals surface area contributed by atoms with Crippen LogP contribution >= 0.6 is 11.8 Å². The third kappa shape index (κ3) is 2.49. The summed E-state index contributed by atoms with van der Waals surface area (Å²) >= 11 is 1.64. The summed E-state index contributed by atoms with van der Waals surface area (Å²) in [7, 11) is 3.26. The van der Waals surface area contributed by atoms with Gasteiger partial charge in [-0.3, -0.25) is 0 Å². The van der Waals surface area contributed by atoms with Gasteiger partial charge in [0.15, 0.2) is 17.3 Å². The Kier molecular flexibility index (Phi) is 3.83. The Balaban J connectivity index is 2.01. The van der Waals surface area contributed by atoms with E-state index in [-0.39, 0.29) is 0 Å². The predicted molar refractivity (Wildman–Crippen MR) is 81.6 cm³/mol. The number of ether oxygens (including phenoxy) is 2. The molecule has 0 spiro atoms. The van der Waals surface area contributed by atoms with Crippen molar-refractivity contribution < 1.29 is 9.47 Å². The molecule has 2 aromatic rings. The smallest absolute Gasteiger partial charge is 0.212 e. The molecule has 1 aliphatic rings. The average Bonchev–Trinajstić information content (AvgIpc) is 2.96. The summed E-state index contributed by atoms with van der Waals surface area (Å²) in [4.78, 5) is 0. The number of aryl methyl sites for hydroxylation is 1. The van der Waals surface area contributed by atoms with Crippen molar-refractivity contribution in [3.63, 3.8) is 0 Å². The maximum Gasteiger partial charge on any atom is 0.212 e. The van der Waals surface area contributed by atoms with Gasteiger partial charge in [0.25, 0.3) is 0 Å². The Bertz CT molecular complexity index is 696. The van der Waals surface area contributed by atoms with E-state index in [1.165, 1.54) is 0 Å². The number of aromatic nitrogens is 3. The first-order valence-corrected chi connectivity index (χ1v) is 7.62. The normalized spacial score (nSPS) is 13.6. The van der Waals surface area contributed by atoms with Crippen LogP contribution in [-0.2, 0) is 6.42 Å². The van der Waals surface area contributed by atoms with Crippen LogP contribution in [0.2, 0.25) is 0 Å². The second kappa shape index (κ2) is 5.77. The van der Waals surface area contributed by atoms with Crippen molar-refractivity contribution in [2.24, 2.45) is 5.10 Å². The van der Waals surface area contributed by atoms with Gasteiger partial charge >= 0.3 is 0 Å². The number of benzene rings is 1. The molecule has 7 heteroatoms. The second-order valence-electron chi connectivity index (χ2n) is 4.47. The summed E-state index contributed by atoms with van der Waals surface area (Å²) in [6, 6.07) is 5.82. The molecule has 0 saturated heterocycles. The van der Waals surface area contributed by atoms with Crippen LogP contribution in [0.15, 0.2) is 28.5 Å². The largest absolute Gasteiger partial charge is 0.493 e. The molecule has 110 valence electrons. The van der Waals surface area contributed by atoms with Crippen LogP contribution in [0, 0.1) is 0 Å². The van der Waals surface area contributed by atoms with Gasteiger partial charge in [-0.15, -0.1) is 10.2 Å². The average molecular weight is 304 g/mol. The van der Waals surface area contributed by atoms with Crippen molar-refractivity contribution in [2.75, 3.05) is 20.0 Å². The van der Waals surface area contributed by atoms with E-state index >= 15 is 0 Å². The number of thioether (sulfide) groups is 1. The van der Waals surface area contributed by atoms with Gasteiger partial charge in [0.1, 0.15) is 0 Å². The summed E-state index contributed by atoms with van der Waals surface area (Å²) in [5, 5.41) is 13.8. The van der Waals surface area contributed by atoms with E-state index in [0.29, 0.717) is 11.5 Å². The Hall–Kier alpha value is -2.02. The zero-order valence-electron chi connectivity index (χ0n) is 12.2. The lowest BCUT2D eigenvalue weighted by Gasteiger charge is -2.15. The molecule has 3 rings (SSSR count). The standard InChI is InChI=1S/C14H16N4O2S/c1-4-13-15-16-14-18(13)17-10(8-21-14)9-5-6-11(19-2)12(7-9)20-3/h5-7H,4,8H2,1-3H3. The minimum Gasteiger partial charge on any atom is -0.493 e. The summed E-state index contributed by atoms with van der Waals surface area (Å²) in [5.74, 6) is 3.05. The first-order valence-electron chi connectivity index (χ1n) is 6.64. The predicted octanol–water partition coefficient (Wildman–Crippen LogP) is 2.22. The molecule has 0 radical (unpaired) electrons. The van der Waals surface area contributed by atoms with Gasteiger partial charge in [-0.2, -0.15) is 9.78 Å². The second-order valence-corrected chi connectivity index (χ2v) is 5.41. The highest BCUT2D eigenvalue weighted by molar-refractivity contribution is 7.99. The van der Waals surface area contributed by atoms with Gasteiger partial charge in [-0.05, 0) is 18.2 Å². The molecule has 0 fully saturated rings. The first kappa shape index (κ1) is 13.9. The van der Waals surface area contributed by atoms with Crippen LogP contribution in [0.5, 0.6) is 11.5 Å². The van der Waals surface area contributed by atoms with Crippen molar-refractivity contribution >= 4 is 17.5 Å². The number of methoxy groups -OCH3 is 2. The molecule has 0 bridgehead atoms. The molecule has 0 atom stereocenters. The molecule has 0 amide bonds. The summed E-state index contributed by atoms with van der Waals surface area (Å²) in [6.07, 6.45) is 0.802. The van der Waals surface area contributed by atoms with E-state index in [0.717, 1.165) is 34.4 Å². The Morgan fingerprint density at radius 2 is 2.00 bits per heavy atom.